The molecule has 0 spiro atoms. The third-order valence-corrected chi connectivity index (χ3v) is 8.05. The van der Waals surface area contributed by atoms with E-state index in [0.717, 1.165) is 30.5 Å². The van der Waals surface area contributed by atoms with E-state index >= 15 is 0 Å². The van der Waals surface area contributed by atoms with E-state index in [1.807, 2.05) is 0 Å². The molecule has 2 saturated heterocycles. The predicted molar refractivity (Wildman–Crippen MR) is 131 cm³/mol. The molecule has 2 N–H and O–H groups in total. The van der Waals surface area contributed by atoms with Crippen molar-refractivity contribution in [3.05, 3.63) is 29.8 Å². The van der Waals surface area contributed by atoms with Gasteiger partial charge in [-0.2, -0.15) is 0 Å². The molecule has 7 nitrogen and oxygen atoms in total. The molecule has 0 bridgehead atoms. The van der Waals surface area contributed by atoms with Gasteiger partial charge in [0.15, 0.2) is 0 Å². The summed E-state index contributed by atoms with van der Waals surface area (Å²) >= 11 is 0. The van der Waals surface area contributed by atoms with Crippen molar-refractivity contribution in [2.45, 2.75) is 88.6 Å². The number of carbonyl (C=O) groups excluding carboxylic acids is 3. The van der Waals surface area contributed by atoms with Crippen molar-refractivity contribution in [1.82, 2.24) is 10.2 Å². The van der Waals surface area contributed by atoms with Gasteiger partial charge in [-0.3, -0.25) is 19.7 Å². The van der Waals surface area contributed by atoms with Crippen molar-refractivity contribution in [2.24, 2.45) is 5.92 Å². The highest BCUT2D eigenvalue weighted by Gasteiger charge is 2.30. The summed E-state index contributed by atoms with van der Waals surface area (Å²) in [5.74, 6) is 0.856. The first-order valence-electron chi connectivity index (χ1n) is 13.0. The molecule has 2 heterocycles. The molecule has 2 aliphatic heterocycles. The molecular formula is C27H39N3O4. The molecule has 3 fully saturated rings. The molecule has 34 heavy (non-hydrogen) atoms. The lowest BCUT2D eigenvalue weighted by Gasteiger charge is -2.41. The van der Waals surface area contributed by atoms with Gasteiger partial charge in [-0.05, 0) is 100 Å². The van der Waals surface area contributed by atoms with Gasteiger partial charge >= 0.3 is 5.97 Å². The molecule has 1 aromatic carbocycles. The van der Waals surface area contributed by atoms with Crippen LogP contribution in [0.1, 0.15) is 82.1 Å². The lowest BCUT2D eigenvalue weighted by molar-refractivity contribution is -0.141. The molecule has 1 aromatic rings. The summed E-state index contributed by atoms with van der Waals surface area (Å²) < 4.78 is 4.75. The van der Waals surface area contributed by atoms with Crippen LogP contribution in [0.3, 0.4) is 0 Å². The summed E-state index contributed by atoms with van der Waals surface area (Å²) in [5, 5.41) is 5.66. The number of benzene rings is 1. The van der Waals surface area contributed by atoms with Crippen LogP contribution in [0.5, 0.6) is 0 Å². The zero-order valence-electron chi connectivity index (χ0n) is 20.4. The minimum absolute atomic E-state index is 0.0863. The number of methoxy groups -OCH3 is 1. The summed E-state index contributed by atoms with van der Waals surface area (Å²) in [7, 11) is 1.47. The van der Waals surface area contributed by atoms with Crippen LogP contribution in [-0.4, -0.2) is 55.0 Å². The number of piperidine rings is 2. The fourth-order valence-corrected chi connectivity index (χ4v) is 5.92. The van der Waals surface area contributed by atoms with Gasteiger partial charge in [-0.25, -0.2) is 0 Å². The Kier molecular flexibility index (Phi) is 8.59. The number of ether oxygens (including phenoxy) is 1. The molecule has 1 saturated carbocycles. The minimum atomic E-state index is -0.338. The first-order chi connectivity index (χ1) is 16.5. The summed E-state index contributed by atoms with van der Waals surface area (Å²) in [6.45, 7) is 2.33. The van der Waals surface area contributed by atoms with Gasteiger partial charge in [0.25, 0.3) is 0 Å². The second kappa shape index (κ2) is 11.8. The number of nitrogens with one attached hydrogen (secondary N) is 2. The molecule has 7 heteroatoms. The van der Waals surface area contributed by atoms with Crippen molar-refractivity contribution < 1.29 is 19.1 Å². The molecule has 2 amide bonds. The third-order valence-electron chi connectivity index (χ3n) is 8.05. The number of amides is 2. The first kappa shape index (κ1) is 24.7. The van der Waals surface area contributed by atoms with Crippen LogP contribution in [-0.2, 0) is 19.1 Å². The Balaban J connectivity index is 1.17. The lowest BCUT2D eigenvalue weighted by Crippen LogP contribution is -2.47. The molecule has 186 valence electrons. The van der Waals surface area contributed by atoms with Crippen molar-refractivity contribution in [3.8, 4) is 0 Å². The maximum atomic E-state index is 12.0. The molecule has 4 rings (SSSR count). The lowest BCUT2D eigenvalue weighted by atomic mass is 9.81. The fraction of sp³-hybridized carbons (Fsp3) is 0.667. The number of hydrogen-bond donors (Lipinski definition) is 2. The predicted octanol–water partition coefficient (Wildman–Crippen LogP) is 3.99. The fourth-order valence-electron chi connectivity index (χ4n) is 5.92. The Hall–Kier alpha value is -2.41. The summed E-state index contributed by atoms with van der Waals surface area (Å²) in [4.78, 5) is 37.3. The highest BCUT2D eigenvalue weighted by atomic mass is 16.5. The largest absolute Gasteiger partial charge is 0.469 e. The molecule has 3 aliphatic rings. The maximum Gasteiger partial charge on any atom is 0.305 e. The SMILES string of the molecule is COC(=O)CCCC1CCC(N2CCC(c3ccc(NC4CCC(=O)NC4=O)cc3)CC2)CC1. The maximum absolute atomic E-state index is 12.0. The van der Waals surface area contributed by atoms with Gasteiger partial charge in [0, 0.05) is 24.6 Å². The molecule has 1 atom stereocenters. The van der Waals surface area contributed by atoms with Crippen molar-refractivity contribution in [2.75, 3.05) is 25.5 Å². The van der Waals surface area contributed by atoms with Gasteiger partial charge in [-0.1, -0.05) is 12.1 Å². The molecule has 0 radical (unpaired) electrons. The first-order valence-corrected chi connectivity index (χ1v) is 13.0. The van der Waals surface area contributed by atoms with Crippen LogP contribution in [0, 0.1) is 5.92 Å². The third kappa shape index (κ3) is 6.59. The Labute approximate surface area is 203 Å². The molecule has 1 aliphatic carbocycles. The van der Waals surface area contributed by atoms with Crippen LogP contribution in [0.15, 0.2) is 24.3 Å². The Morgan fingerprint density at radius 3 is 2.38 bits per heavy atom. The highest BCUT2D eigenvalue weighted by Crippen LogP contribution is 2.35. The van der Waals surface area contributed by atoms with E-state index in [1.165, 1.54) is 64.3 Å². The van der Waals surface area contributed by atoms with Crippen molar-refractivity contribution >= 4 is 23.5 Å². The summed E-state index contributed by atoms with van der Waals surface area (Å²) in [5.41, 5.74) is 2.31. The molecule has 1 unspecified atom stereocenters. The van der Waals surface area contributed by atoms with Gasteiger partial charge in [-0.15, -0.1) is 0 Å². The standard InChI is InChI=1S/C27H39N3O4/c1-34-26(32)4-2-3-19-5-11-23(12-6-19)30-17-15-21(16-18-30)20-7-9-22(10-8-20)28-24-13-14-25(31)29-27(24)33/h7-10,19,21,23-24,28H,2-6,11-18H2,1H3,(H,29,31,33). The van der Waals surface area contributed by atoms with E-state index in [1.54, 1.807) is 0 Å². The van der Waals surface area contributed by atoms with E-state index in [2.05, 4.69) is 39.8 Å². The Bertz CT molecular complexity index is 840. The molecule has 0 aromatic heterocycles. The minimum Gasteiger partial charge on any atom is -0.469 e. The van der Waals surface area contributed by atoms with E-state index in [-0.39, 0.29) is 23.8 Å². The number of likely N-dealkylation sites (tertiary alicyclic amines) is 1. The van der Waals surface area contributed by atoms with E-state index < -0.39 is 0 Å². The van der Waals surface area contributed by atoms with Crippen LogP contribution < -0.4 is 10.6 Å². The van der Waals surface area contributed by atoms with E-state index in [0.29, 0.717) is 25.2 Å². The average molecular weight is 470 g/mol. The number of hydrogen-bond acceptors (Lipinski definition) is 6. The number of carbonyl (C=O) groups is 3. The second-order valence-electron chi connectivity index (χ2n) is 10.2. The smallest absolute Gasteiger partial charge is 0.305 e. The van der Waals surface area contributed by atoms with Crippen LogP contribution in [0.2, 0.25) is 0 Å². The topological polar surface area (TPSA) is 87.7 Å². The van der Waals surface area contributed by atoms with Gasteiger partial charge in [0.1, 0.15) is 6.04 Å². The quantitative estimate of drug-likeness (QED) is 0.442. The van der Waals surface area contributed by atoms with Crippen molar-refractivity contribution in [1.29, 1.82) is 0 Å². The Morgan fingerprint density at radius 1 is 1.03 bits per heavy atom. The van der Waals surface area contributed by atoms with Gasteiger partial charge < -0.3 is 15.0 Å². The van der Waals surface area contributed by atoms with Crippen LogP contribution >= 0.6 is 0 Å². The normalized spacial score (nSPS) is 26.7. The zero-order chi connectivity index (χ0) is 23.9. The number of rotatable bonds is 8. The zero-order valence-corrected chi connectivity index (χ0v) is 20.4. The number of anilines is 1. The van der Waals surface area contributed by atoms with Gasteiger partial charge in [0.2, 0.25) is 11.8 Å². The average Bonchev–Trinajstić information content (AvgIpc) is 2.87. The summed E-state index contributed by atoms with van der Waals surface area (Å²) in [6.07, 6.45) is 11.1. The monoisotopic (exact) mass is 469 g/mol. The van der Waals surface area contributed by atoms with E-state index in [9.17, 15) is 14.4 Å². The van der Waals surface area contributed by atoms with Gasteiger partial charge in [0.05, 0.1) is 7.11 Å². The Morgan fingerprint density at radius 2 is 1.74 bits per heavy atom. The highest BCUT2D eigenvalue weighted by molar-refractivity contribution is 6.01. The number of esters is 1. The van der Waals surface area contributed by atoms with Crippen molar-refractivity contribution in [3.63, 3.8) is 0 Å². The molecular weight excluding hydrogens is 430 g/mol. The second-order valence-corrected chi connectivity index (χ2v) is 10.2. The van der Waals surface area contributed by atoms with E-state index in [4.69, 9.17) is 4.74 Å². The number of imide groups is 1. The van der Waals surface area contributed by atoms with Crippen LogP contribution in [0.4, 0.5) is 5.69 Å². The van der Waals surface area contributed by atoms with Crippen LogP contribution in [0.25, 0.3) is 0 Å². The summed E-state index contributed by atoms with van der Waals surface area (Å²) in [6, 6.07) is 8.88. The number of nitrogens with zero attached hydrogens (tertiary/aromatic N) is 1.